The van der Waals surface area contributed by atoms with Crippen LogP contribution in [-0.2, 0) is 16.0 Å². The van der Waals surface area contributed by atoms with Crippen molar-refractivity contribution in [2.75, 3.05) is 13.2 Å². The maximum Gasteiger partial charge on any atom is 0.306 e. The number of benzene rings is 3. The summed E-state index contributed by atoms with van der Waals surface area (Å²) in [6, 6.07) is 21.3. The fraction of sp³-hybridized carbons (Fsp3) is 0.393. The Bertz CT molecular complexity index is 1010. The quantitative estimate of drug-likeness (QED) is 0.372. The van der Waals surface area contributed by atoms with Crippen molar-refractivity contribution < 1.29 is 14.3 Å². The molecule has 0 radical (unpaired) electrons. The molecule has 0 bridgehead atoms. The highest BCUT2D eigenvalue weighted by molar-refractivity contribution is 5.96. The van der Waals surface area contributed by atoms with E-state index in [4.69, 9.17) is 9.47 Å². The molecule has 3 heteroatoms. The number of hydrogen-bond acceptors (Lipinski definition) is 3. The Hall–Kier alpha value is -2.81. The Balaban J connectivity index is 1.60. The largest absolute Gasteiger partial charge is 0.493 e. The molecular weight excluding hydrogens is 384 g/mol. The molecule has 1 fully saturated rings. The van der Waals surface area contributed by atoms with Crippen LogP contribution in [0.5, 0.6) is 5.75 Å². The molecular formula is C28H32O3. The van der Waals surface area contributed by atoms with Crippen molar-refractivity contribution in [3.8, 4) is 16.9 Å². The zero-order valence-electron chi connectivity index (χ0n) is 18.4. The van der Waals surface area contributed by atoms with E-state index in [0.717, 1.165) is 23.5 Å². The maximum atomic E-state index is 12.0. The molecule has 0 atom stereocenters. The van der Waals surface area contributed by atoms with Crippen LogP contribution in [0.15, 0.2) is 60.7 Å². The monoisotopic (exact) mass is 416 g/mol. The molecule has 3 nitrogen and oxygen atoms in total. The van der Waals surface area contributed by atoms with Crippen LogP contribution in [0.3, 0.4) is 0 Å². The summed E-state index contributed by atoms with van der Waals surface area (Å²) >= 11 is 0. The van der Waals surface area contributed by atoms with Crippen LogP contribution < -0.4 is 4.74 Å². The highest BCUT2D eigenvalue weighted by Gasteiger charge is 2.16. The second-order valence-electron chi connectivity index (χ2n) is 8.47. The maximum absolute atomic E-state index is 12.0. The Labute approximate surface area is 185 Å². The summed E-state index contributed by atoms with van der Waals surface area (Å²) < 4.78 is 11.4. The summed E-state index contributed by atoms with van der Waals surface area (Å²) in [4.78, 5) is 12.0. The number of fused-ring (bicyclic) bond motifs is 1. The smallest absolute Gasteiger partial charge is 0.306 e. The summed E-state index contributed by atoms with van der Waals surface area (Å²) in [6.07, 6.45) is 7.47. The fourth-order valence-electron chi connectivity index (χ4n) is 4.59. The van der Waals surface area contributed by atoms with E-state index in [9.17, 15) is 4.79 Å². The van der Waals surface area contributed by atoms with E-state index in [0.29, 0.717) is 25.4 Å². The number of aryl methyl sites for hydroxylation is 1. The van der Waals surface area contributed by atoms with Gasteiger partial charge in [0.15, 0.2) is 0 Å². The third-order valence-corrected chi connectivity index (χ3v) is 6.26. The molecule has 0 unspecified atom stereocenters. The minimum atomic E-state index is -0.156. The first-order valence-electron chi connectivity index (χ1n) is 11.6. The average Bonchev–Trinajstić information content (AvgIpc) is 2.82. The third-order valence-electron chi connectivity index (χ3n) is 6.26. The number of esters is 1. The van der Waals surface area contributed by atoms with Crippen LogP contribution in [-0.4, -0.2) is 19.2 Å². The number of ether oxygens (including phenoxy) is 2. The summed E-state index contributed by atoms with van der Waals surface area (Å²) in [5.41, 5.74) is 3.43. The van der Waals surface area contributed by atoms with Gasteiger partial charge in [-0.3, -0.25) is 4.79 Å². The topological polar surface area (TPSA) is 35.5 Å². The Morgan fingerprint density at radius 3 is 2.61 bits per heavy atom. The first-order valence-corrected chi connectivity index (χ1v) is 11.6. The first kappa shape index (κ1) is 21.4. The van der Waals surface area contributed by atoms with Gasteiger partial charge in [0.2, 0.25) is 0 Å². The summed E-state index contributed by atoms with van der Waals surface area (Å²) in [7, 11) is 0. The van der Waals surface area contributed by atoms with Gasteiger partial charge in [-0.25, -0.2) is 0 Å². The highest BCUT2D eigenvalue weighted by atomic mass is 16.5. The number of carbonyl (C=O) groups excluding carboxylic acids is 1. The standard InChI is InChI=1S/C28H32O3/c1-2-30-28(29)18-16-24-19-23(26-14-8-12-22-11-6-7-13-25(22)26)15-17-27(24)31-20-21-9-4-3-5-10-21/h6-8,11-15,17,19,21H,2-5,9-10,16,18,20H2,1H3. The summed E-state index contributed by atoms with van der Waals surface area (Å²) in [6.45, 7) is 3.03. The molecule has 31 heavy (non-hydrogen) atoms. The van der Waals surface area contributed by atoms with E-state index in [1.165, 1.54) is 48.4 Å². The zero-order valence-corrected chi connectivity index (χ0v) is 18.4. The molecule has 162 valence electrons. The molecule has 1 saturated carbocycles. The van der Waals surface area contributed by atoms with Gasteiger partial charge in [-0.05, 0) is 71.7 Å². The van der Waals surface area contributed by atoms with Gasteiger partial charge in [0, 0.05) is 6.42 Å². The lowest BCUT2D eigenvalue weighted by Crippen LogP contribution is -2.16. The summed E-state index contributed by atoms with van der Waals surface area (Å²) in [5.74, 6) is 1.39. The molecule has 0 saturated heterocycles. The van der Waals surface area contributed by atoms with Crippen LogP contribution in [0.25, 0.3) is 21.9 Å². The van der Waals surface area contributed by atoms with E-state index in [1.54, 1.807) is 0 Å². The van der Waals surface area contributed by atoms with Crippen molar-refractivity contribution in [1.29, 1.82) is 0 Å². The molecule has 0 aromatic heterocycles. The molecule has 3 aromatic rings. The first-order chi connectivity index (χ1) is 15.2. The predicted molar refractivity (Wildman–Crippen MR) is 126 cm³/mol. The minimum absolute atomic E-state index is 0.156. The lowest BCUT2D eigenvalue weighted by atomic mass is 9.90. The number of rotatable bonds is 8. The molecule has 3 aromatic carbocycles. The lowest BCUT2D eigenvalue weighted by Gasteiger charge is -2.22. The molecule has 0 aliphatic heterocycles. The van der Waals surface area contributed by atoms with E-state index in [1.807, 2.05) is 6.92 Å². The van der Waals surface area contributed by atoms with Crippen molar-refractivity contribution in [3.63, 3.8) is 0 Å². The van der Waals surface area contributed by atoms with Crippen LogP contribution in [0, 0.1) is 5.92 Å². The van der Waals surface area contributed by atoms with Crippen molar-refractivity contribution in [3.05, 3.63) is 66.2 Å². The van der Waals surface area contributed by atoms with Crippen LogP contribution in [0.1, 0.15) is 51.0 Å². The predicted octanol–water partition coefficient (Wildman–Crippen LogP) is 6.96. The third kappa shape index (κ3) is 5.46. The van der Waals surface area contributed by atoms with Gasteiger partial charge in [0.05, 0.1) is 13.2 Å². The number of carbonyl (C=O) groups is 1. The van der Waals surface area contributed by atoms with Crippen molar-refractivity contribution >= 4 is 16.7 Å². The van der Waals surface area contributed by atoms with Gasteiger partial charge in [-0.2, -0.15) is 0 Å². The second kappa shape index (κ2) is 10.5. The molecule has 0 amide bonds. The SMILES string of the molecule is CCOC(=O)CCc1cc(-c2cccc3ccccc23)ccc1OCC1CCCCC1. The van der Waals surface area contributed by atoms with Crippen molar-refractivity contribution in [2.45, 2.75) is 51.9 Å². The molecule has 0 heterocycles. The summed E-state index contributed by atoms with van der Waals surface area (Å²) in [5, 5.41) is 2.46. The van der Waals surface area contributed by atoms with Crippen LogP contribution in [0.2, 0.25) is 0 Å². The van der Waals surface area contributed by atoms with Crippen molar-refractivity contribution in [2.24, 2.45) is 5.92 Å². The van der Waals surface area contributed by atoms with E-state index < -0.39 is 0 Å². The van der Waals surface area contributed by atoms with E-state index in [-0.39, 0.29) is 5.97 Å². The zero-order chi connectivity index (χ0) is 21.5. The normalized spacial score (nSPS) is 14.5. The van der Waals surface area contributed by atoms with Gasteiger partial charge >= 0.3 is 5.97 Å². The van der Waals surface area contributed by atoms with Gasteiger partial charge in [0.1, 0.15) is 5.75 Å². The number of hydrogen-bond donors (Lipinski definition) is 0. The molecule has 0 spiro atoms. The Kier molecular flexibility index (Phi) is 7.24. The van der Waals surface area contributed by atoms with Gasteiger partial charge in [-0.15, -0.1) is 0 Å². The van der Waals surface area contributed by atoms with Gasteiger partial charge in [0.25, 0.3) is 0 Å². The molecule has 1 aliphatic rings. The van der Waals surface area contributed by atoms with E-state index in [2.05, 4.69) is 60.7 Å². The molecule has 0 N–H and O–H groups in total. The second-order valence-corrected chi connectivity index (χ2v) is 8.47. The van der Waals surface area contributed by atoms with Gasteiger partial charge in [-0.1, -0.05) is 67.8 Å². The fourth-order valence-corrected chi connectivity index (χ4v) is 4.59. The van der Waals surface area contributed by atoms with Crippen LogP contribution >= 0.6 is 0 Å². The average molecular weight is 417 g/mol. The minimum Gasteiger partial charge on any atom is -0.493 e. The van der Waals surface area contributed by atoms with E-state index >= 15 is 0 Å². The highest BCUT2D eigenvalue weighted by Crippen LogP contribution is 2.33. The van der Waals surface area contributed by atoms with Gasteiger partial charge < -0.3 is 9.47 Å². The Morgan fingerprint density at radius 2 is 1.77 bits per heavy atom. The molecule has 4 rings (SSSR count). The van der Waals surface area contributed by atoms with Crippen LogP contribution in [0.4, 0.5) is 0 Å². The lowest BCUT2D eigenvalue weighted by molar-refractivity contribution is -0.143. The molecule has 1 aliphatic carbocycles. The van der Waals surface area contributed by atoms with Crippen molar-refractivity contribution in [1.82, 2.24) is 0 Å². The Morgan fingerprint density at radius 1 is 0.968 bits per heavy atom.